The Kier molecular flexibility index (Phi) is 4.54. The lowest BCUT2D eigenvalue weighted by molar-refractivity contribution is -0.121. The van der Waals surface area contributed by atoms with Crippen LogP contribution in [0.1, 0.15) is 27.2 Å². The molecule has 4 heteroatoms. The highest BCUT2D eigenvalue weighted by Gasteiger charge is 2.32. The first-order valence-corrected chi connectivity index (χ1v) is 5.60. The highest BCUT2D eigenvalue weighted by Crippen LogP contribution is 2.24. The Morgan fingerprint density at radius 3 is 2.60 bits per heavy atom. The molecule has 0 unspecified atom stereocenters. The van der Waals surface area contributed by atoms with E-state index in [2.05, 4.69) is 17.6 Å². The van der Waals surface area contributed by atoms with Crippen LogP contribution < -0.4 is 10.6 Å². The molecule has 4 nitrogen and oxygen atoms in total. The van der Waals surface area contributed by atoms with E-state index in [1.165, 1.54) is 0 Å². The van der Waals surface area contributed by atoms with Gasteiger partial charge in [-0.1, -0.05) is 6.92 Å². The predicted octanol–water partition coefficient (Wildman–Crippen LogP) is 0.527. The molecule has 1 amide bonds. The Morgan fingerprint density at radius 1 is 1.47 bits per heavy atom. The van der Waals surface area contributed by atoms with Crippen LogP contribution in [0.2, 0.25) is 0 Å². The fourth-order valence-corrected chi connectivity index (χ4v) is 1.54. The molecule has 0 spiro atoms. The Morgan fingerprint density at radius 2 is 2.13 bits per heavy atom. The zero-order valence-corrected chi connectivity index (χ0v) is 9.93. The summed E-state index contributed by atoms with van der Waals surface area (Å²) in [5.74, 6) is 0.118. The molecule has 1 aliphatic rings. The minimum atomic E-state index is 0.118. The van der Waals surface area contributed by atoms with Gasteiger partial charge in [-0.25, -0.2) is 0 Å². The van der Waals surface area contributed by atoms with Crippen molar-refractivity contribution in [2.75, 3.05) is 26.3 Å². The molecular weight excluding hydrogens is 192 g/mol. The summed E-state index contributed by atoms with van der Waals surface area (Å²) >= 11 is 0. The molecular formula is C11H22N2O2. The van der Waals surface area contributed by atoms with Crippen LogP contribution in [0.15, 0.2) is 0 Å². The fraction of sp³-hybridized carbons (Fsp3) is 0.909. The van der Waals surface area contributed by atoms with Gasteiger partial charge < -0.3 is 15.4 Å². The van der Waals surface area contributed by atoms with Gasteiger partial charge in [0.2, 0.25) is 5.91 Å². The van der Waals surface area contributed by atoms with E-state index in [0.717, 1.165) is 26.3 Å². The number of hydrogen-bond acceptors (Lipinski definition) is 3. The number of carbonyl (C=O) groups excluding carboxylic acids is 1. The van der Waals surface area contributed by atoms with E-state index in [0.29, 0.717) is 6.42 Å². The van der Waals surface area contributed by atoms with Crippen molar-refractivity contribution in [3.05, 3.63) is 0 Å². The minimum absolute atomic E-state index is 0.118. The van der Waals surface area contributed by atoms with E-state index in [1.54, 1.807) is 0 Å². The van der Waals surface area contributed by atoms with Gasteiger partial charge in [-0.15, -0.1) is 0 Å². The van der Waals surface area contributed by atoms with Crippen LogP contribution in [-0.2, 0) is 9.53 Å². The Bertz CT molecular complexity index is 213. The predicted molar refractivity (Wildman–Crippen MR) is 59.7 cm³/mol. The monoisotopic (exact) mass is 214 g/mol. The molecule has 1 saturated heterocycles. The number of nitrogens with one attached hydrogen (secondary N) is 2. The molecule has 2 N–H and O–H groups in total. The van der Waals surface area contributed by atoms with E-state index in [9.17, 15) is 4.79 Å². The molecule has 1 fully saturated rings. The van der Waals surface area contributed by atoms with Gasteiger partial charge in [0.1, 0.15) is 0 Å². The highest BCUT2D eigenvalue weighted by atomic mass is 16.5. The van der Waals surface area contributed by atoms with Crippen LogP contribution in [0.4, 0.5) is 0 Å². The third-order valence-corrected chi connectivity index (χ3v) is 2.43. The zero-order chi connectivity index (χ0) is 11.3. The number of hydrogen-bond donors (Lipinski definition) is 2. The summed E-state index contributed by atoms with van der Waals surface area (Å²) in [5.41, 5.74) is 0.286. The first kappa shape index (κ1) is 12.5. The van der Waals surface area contributed by atoms with Crippen LogP contribution in [-0.4, -0.2) is 38.3 Å². The van der Waals surface area contributed by atoms with Gasteiger partial charge in [0.25, 0.3) is 0 Å². The average molecular weight is 214 g/mol. The smallest absolute Gasteiger partial charge is 0.221 e. The molecule has 1 aliphatic heterocycles. The van der Waals surface area contributed by atoms with Crippen molar-refractivity contribution in [3.63, 3.8) is 0 Å². The Hall–Kier alpha value is -0.610. The van der Waals surface area contributed by atoms with Gasteiger partial charge in [-0.2, -0.15) is 0 Å². The molecule has 88 valence electrons. The molecule has 1 rings (SSSR count). The van der Waals surface area contributed by atoms with Crippen molar-refractivity contribution in [2.24, 2.45) is 5.41 Å². The van der Waals surface area contributed by atoms with Crippen molar-refractivity contribution in [1.82, 2.24) is 10.6 Å². The number of carbonyl (C=O) groups is 1. The first-order valence-electron chi connectivity index (χ1n) is 5.60. The van der Waals surface area contributed by atoms with Crippen LogP contribution >= 0.6 is 0 Å². The van der Waals surface area contributed by atoms with E-state index in [1.807, 2.05) is 13.8 Å². The third-order valence-electron chi connectivity index (χ3n) is 2.43. The van der Waals surface area contributed by atoms with E-state index < -0.39 is 0 Å². The summed E-state index contributed by atoms with van der Waals surface area (Å²) in [6.45, 7) is 9.47. The summed E-state index contributed by atoms with van der Waals surface area (Å²) in [4.78, 5) is 11.3. The van der Waals surface area contributed by atoms with Gasteiger partial charge in [0.05, 0.1) is 13.2 Å². The van der Waals surface area contributed by atoms with Crippen molar-refractivity contribution in [1.29, 1.82) is 0 Å². The van der Waals surface area contributed by atoms with E-state index >= 15 is 0 Å². The molecule has 0 bridgehead atoms. The van der Waals surface area contributed by atoms with Crippen molar-refractivity contribution < 1.29 is 9.53 Å². The molecule has 15 heavy (non-hydrogen) atoms. The lowest BCUT2D eigenvalue weighted by Crippen LogP contribution is -2.47. The summed E-state index contributed by atoms with van der Waals surface area (Å²) in [6, 6.07) is 0.232. The lowest BCUT2D eigenvalue weighted by atomic mass is 9.89. The largest absolute Gasteiger partial charge is 0.380 e. The topological polar surface area (TPSA) is 50.4 Å². The molecule has 0 radical (unpaired) electrons. The first-order chi connectivity index (χ1) is 7.02. The molecule has 0 aliphatic carbocycles. The zero-order valence-electron chi connectivity index (χ0n) is 9.93. The maximum atomic E-state index is 11.3. The molecule has 0 saturated carbocycles. The Balaban J connectivity index is 1.99. The van der Waals surface area contributed by atoms with Gasteiger partial charge in [0.15, 0.2) is 0 Å². The molecule has 0 aromatic carbocycles. The molecule has 0 aromatic heterocycles. The van der Waals surface area contributed by atoms with E-state index in [4.69, 9.17) is 4.74 Å². The van der Waals surface area contributed by atoms with E-state index in [-0.39, 0.29) is 17.4 Å². The summed E-state index contributed by atoms with van der Waals surface area (Å²) < 4.78 is 5.15. The Labute approximate surface area is 91.8 Å². The maximum absolute atomic E-state index is 11.3. The fourth-order valence-electron chi connectivity index (χ4n) is 1.54. The van der Waals surface area contributed by atoms with Crippen LogP contribution in [0.25, 0.3) is 0 Å². The molecule has 0 atom stereocenters. The number of rotatable bonds is 6. The standard InChI is InChI=1S/C11H22N2O2/c1-9(2)13-10(14)4-5-12-6-11(3)7-15-8-11/h9,12H,4-8H2,1-3H3,(H,13,14). The van der Waals surface area contributed by atoms with Gasteiger partial charge in [-0.05, 0) is 13.8 Å². The minimum Gasteiger partial charge on any atom is -0.380 e. The number of amides is 1. The van der Waals surface area contributed by atoms with Gasteiger partial charge in [-0.3, -0.25) is 4.79 Å². The summed E-state index contributed by atoms with van der Waals surface area (Å²) in [6.07, 6.45) is 0.551. The third kappa shape index (κ3) is 4.62. The van der Waals surface area contributed by atoms with Crippen molar-refractivity contribution in [3.8, 4) is 0 Å². The molecule has 0 aromatic rings. The second-order valence-corrected chi connectivity index (χ2v) is 4.95. The normalized spacial score (nSPS) is 18.7. The van der Waals surface area contributed by atoms with Crippen LogP contribution in [0, 0.1) is 5.41 Å². The van der Waals surface area contributed by atoms with Crippen LogP contribution in [0.5, 0.6) is 0 Å². The van der Waals surface area contributed by atoms with Crippen molar-refractivity contribution in [2.45, 2.75) is 33.2 Å². The quantitative estimate of drug-likeness (QED) is 0.634. The number of ether oxygens (including phenoxy) is 1. The summed E-state index contributed by atoms with van der Waals surface area (Å²) in [7, 11) is 0. The van der Waals surface area contributed by atoms with Crippen LogP contribution in [0.3, 0.4) is 0 Å². The maximum Gasteiger partial charge on any atom is 0.221 e. The van der Waals surface area contributed by atoms with Gasteiger partial charge >= 0.3 is 0 Å². The highest BCUT2D eigenvalue weighted by molar-refractivity contribution is 5.76. The lowest BCUT2D eigenvalue weighted by Gasteiger charge is -2.38. The second kappa shape index (κ2) is 5.47. The molecule has 1 heterocycles. The SMILES string of the molecule is CC(C)NC(=O)CCNCC1(C)COC1. The summed E-state index contributed by atoms with van der Waals surface area (Å²) in [5, 5.41) is 6.16. The van der Waals surface area contributed by atoms with Crippen molar-refractivity contribution >= 4 is 5.91 Å². The average Bonchev–Trinajstić information content (AvgIpc) is 2.08. The second-order valence-electron chi connectivity index (χ2n) is 4.95. The van der Waals surface area contributed by atoms with Gasteiger partial charge in [0, 0.05) is 31.0 Å².